The lowest BCUT2D eigenvalue weighted by molar-refractivity contribution is 0.743. The second-order valence-corrected chi connectivity index (χ2v) is 4.93. The zero-order valence-corrected chi connectivity index (χ0v) is 12.4. The molecule has 0 bridgehead atoms. The van der Waals surface area contributed by atoms with Crippen LogP contribution < -0.4 is 4.90 Å². The summed E-state index contributed by atoms with van der Waals surface area (Å²) in [6.07, 6.45) is 8.61. The Hall–Kier alpha value is -2.74. The van der Waals surface area contributed by atoms with Gasteiger partial charge in [-0.1, -0.05) is 6.08 Å². The number of aromatic nitrogens is 3. The highest BCUT2D eigenvalue weighted by atomic mass is 15.2. The molecule has 0 spiro atoms. The Balaban J connectivity index is 2.09. The Labute approximate surface area is 124 Å². The average Bonchev–Trinajstić information content (AvgIpc) is 2.53. The van der Waals surface area contributed by atoms with Crippen LogP contribution in [0.5, 0.6) is 0 Å². The van der Waals surface area contributed by atoms with E-state index in [0.717, 1.165) is 11.4 Å². The van der Waals surface area contributed by atoms with Crippen LogP contribution in [-0.2, 0) is 0 Å². The van der Waals surface area contributed by atoms with Crippen LogP contribution in [0.1, 0.15) is 30.8 Å². The fourth-order valence-electron chi connectivity index (χ4n) is 1.63. The molecule has 2 aromatic rings. The second-order valence-electron chi connectivity index (χ2n) is 4.93. The number of anilines is 1. The van der Waals surface area contributed by atoms with Gasteiger partial charge in [-0.15, -0.1) is 0 Å². The Morgan fingerprint density at radius 3 is 2.43 bits per heavy atom. The van der Waals surface area contributed by atoms with E-state index in [0.29, 0.717) is 17.4 Å². The van der Waals surface area contributed by atoms with E-state index >= 15 is 0 Å². The minimum absolute atomic E-state index is 0.315. The summed E-state index contributed by atoms with van der Waals surface area (Å²) in [6, 6.07) is 6.35. The van der Waals surface area contributed by atoms with E-state index in [1.807, 2.05) is 43.6 Å². The molecule has 21 heavy (non-hydrogen) atoms. The van der Waals surface area contributed by atoms with Gasteiger partial charge in [0.05, 0.1) is 18.1 Å². The summed E-state index contributed by atoms with van der Waals surface area (Å²) in [4.78, 5) is 14.6. The van der Waals surface area contributed by atoms with Crippen molar-refractivity contribution in [1.82, 2.24) is 15.0 Å². The van der Waals surface area contributed by atoms with Gasteiger partial charge < -0.3 is 4.90 Å². The van der Waals surface area contributed by atoms with Crippen LogP contribution in [0.3, 0.4) is 0 Å². The van der Waals surface area contributed by atoms with Gasteiger partial charge in [-0.2, -0.15) is 5.26 Å². The van der Waals surface area contributed by atoms with Crippen molar-refractivity contribution in [1.29, 1.82) is 5.26 Å². The molecule has 5 heteroatoms. The topological polar surface area (TPSA) is 65.7 Å². The lowest BCUT2D eigenvalue weighted by Crippen LogP contribution is -2.26. The van der Waals surface area contributed by atoms with E-state index in [2.05, 4.69) is 33.7 Å². The lowest BCUT2D eigenvalue weighted by atomic mass is 10.2. The molecule has 0 radical (unpaired) electrons. The van der Waals surface area contributed by atoms with Gasteiger partial charge in [0.2, 0.25) is 0 Å². The first-order valence-corrected chi connectivity index (χ1v) is 6.69. The van der Waals surface area contributed by atoms with Crippen LogP contribution in [0.25, 0.3) is 12.2 Å². The van der Waals surface area contributed by atoms with E-state index in [1.54, 1.807) is 6.20 Å². The number of rotatable bonds is 4. The molecule has 0 unspecified atom stereocenters. The van der Waals surface area contributed by atoms with Crippen molar-refractivity contribution in [2.45, 2.75) is 19.9 Å². The molecule has 5 nitrogen and oxygen atoms in total. The third-order valence-corrected chi connectivity index (χ3v) is 3.14. The van der Waals surface area contributed by atoms with Crippen LogP contribution in [0.2, 0.25) is 0 Å². The van der Waals surface area contributed by atoms with E-state index in [1.165, 1.54) is 6.20 Å². The zero-order chi connectivity index (χ0) is 15.2. The summed E-state index contributed by atoms with van der Waals surface area (Å²) in [5.41, 5.74) is 2.01. The Bertz CT molecular complexity index is 651. The fourth-order valence-corrected chi connectivity index (χ4v) is 1.63. The molecule has 0 atom stereocenters. The molecule has 0 saturated heterocycles. The highest BCUT2D eigenvalue weighted by molar-refractivity contribution is 5.67. The predicted octanol–water partition coefficient (Wildman–Crippen LogP) is 2.76. The maximum atomic E-state index is 8.66. The summed E-state index contributed by atoms with van der Waals surface area (Å²) in [6.45, 7) is 4.25. The highest BCUT2D eigenvalue weighted by Gasteiger charge is 2.05. The van der Waals surface area contributed by atoms with Gasteiger partial charge in [-0.3, -0.25) is 4.98 Å². The molecular formula is C16H17N5. The SMILES string of the molecule is CC(C)N(C)c1ccc(/C=C/c2cnc(C#N)cn2)cn1. The van der Waals surface area contributed by atoms with Gasteiger partial charge in [0.1, 0.15) is 11.9 Å². The molecule has 0 saturated carbocycles. The van der Waals surface area contributed by atoms with Crippen LogP contribution in [0.4, 0.5) is 5.82 Å². The van der Waals surface area contributed by atoms with Crippen molar-refractivity contribution in [2.24, 2.45) is 0 Å². The molecule has 0 aliphatic carbocycles. The molecule has 0 aliphatic heterocycles. The molecule has 0 amide bonds. The molecule has 0 aliphatic rings. The van der Waals surface area contributed by atoms with Gasteiger partial charge >= 0.3 is 0 Å². The predicted molar refractivity (Wildman–Crippen MR) is 83.5 cm³/mol. The van der Waals surface area contributed by atoms with Gasteiger partial charge in [0.15, 0.2) is 5.69 Å². The molecule has 0 aromatic carbocycles. The van der Waals surface area contributed by atoms with Crippen molar-refractivity contribution in [3.8, 4) is 6.07 Å². The second kappa shape index (κ2) is 6.62. The molecule has 2 rings (SSSR count). The average molecular weight is 279 g/mol. The smallest absolute Gasteiger partial charge is 0.158 e. The molecular weight excluding hydrogens is 262 g/mol. The molecule has 2 aromatic heterocycles. The van der Waals surface area contributed by atoms with Crippen LogP contribution in [-0.4, -0.2) is 28.0 Å². The molecule has 0 N–H and O–H groups in total. The Morgan fingerprint density at radius 1 is 1.10 bits per heavy atom. The maximum Gasteiger partial charge on any atom is 0.158 e. The lowest BCUT2D eigenvalue weighted by Gasteiger charge is -2.22. The maximum absolute atomic E-state index is 8.66. The monoisotopic (exact) mass is 279 g/mol. The number of nitrogens with zero attached hydrogens (tertiary/aromatic N) is 5. The summed E-state index contributed by atoms with van der Waals surface area (Å²) in [5, 5.41) is 8.66. The van der Waals surface area contributed by atoms with Gasteiger partial charge in [-0.25, -0.2) is 9.97 Å². The molecule has 106 valence electrons. The van der Waals surface area contributed by atoms with Crippen molar-refractivity contribution in [2.75, 3.05) is 11.9 Å². The standard InChI is InChI=1S/C16H17N5/c1-12(2)21(3)16-7-5-13(9-20-16)4-6-14-10-19-15(8-17)11-18-14/h4-7,9-12H,1-3H3/b6-4+. The van der Waals surface area contributed by atoms with E-state index in [4.69, 9.17) is 5.26 Å². The quantitative estimate of drug-likeness (QED) is 0.861. The van der Waals surface area contributed by atoms with Crippen LogP contribution in [0, 0.1) is 11.3 Å². The Kier molecular flexibility index (Phi) is 4.62. The summed E-state index contributed by atoms with van der Waals surface area (Å²) in [5.74, 6) is 0.945. The van der Waals surface area contributed by atoms with E-state index < -0.39 is 0 Å². The van der Waals surface area contributed by atoms with E-state index in [9.17, 15) is 0 Å². The molecule has 0 fully saturated rings. The summed E-state index contributed by atoms with van der Waals surface area (Å²) in [7, 11) is 2.02. The van der Waals surface area contributed by atoms with Gasteiger partial charge in [-0.05, 0) is 37.6 Å². The fraction of sp³-hybridized carbons (Fsp3) is 0.250. The summed E-state index contributed by atoms with van der Waals surface area (Å²) < 4.78 is 0. The van der Waals surface area contributed by atoms with Crippen molar-refractivity contribution < 1.29 is 0 Å². The number of pyridine rings is 1. The third kappa shape index (κ3) is 3.86. The first kappa shape index (κ1) is 14.7. The van der Waals surface area contributed by atoms with Crippen LogP contribution >= 0.6 is 0 Å². The van der Waals surface area contributed by atoms with Crippen molar-refractivity contribution in [3.63, 3.8) is 0 Å². The zero-order valence-electron chi connectivity index (χ0n) is 12.4. The largest absolute Gasteiger partial charge is 0.357 e. The van der Waals surface area contributed by atoms with Crippen molar-refractivity contribution in [3.05, 3.63) is 47.7 Å². The minimum atomic E-state index is 0.315. The van der Waals surface area contributed by atoms with Crippen LogP contribution in [0.15, 0.2) is 30.7 Å². The molecule has 2 heterocycles. The Morgan fingerprint density at radius 2 is 1.90 bits per heavy atom. The normalized spacial score (nSPS) is 10.8. The number of hydrogen-bond acceptors (Lipinski definition) is 5. The highest BCUT2D eigenvalue weighted by Crippen LogP contribution is 2.13. The first-order chi connectivity index (χ1) is 10.1. The first-order valence-electron chi connectivity index (χ1n) is 6.69. The minimum Gasteiger partial charge on any atom is -0.357 e. The number of nitriles is 1. The third-order valence-electron chi connectivity index (χ3n) is 3.14. The van der Waals surface area contributed by atoms with Gasteiger partial charge in [0, 0.05) is 19.3 Å². The number of hydrogen-bond donors (Lipinski definition) is 0. The summed E-state index contributed by atoms with van der Waals surface area (Å²) >= 11 is 0. The van der Waals surface area contributed by atoms with E-state index in [-0.39, 0.29) is 0 Å². The van der Waals surface area contributed by atoms with Crippen molar-refractivity contribution >= 4 is 18.0 Å². The van der Waals surface area contributed by atoms with Gasteiger partial charge in [0.25, 0.3) is 0 Å².